The van der Waals surface area contributed by atoms with Gasteiger partial charge in [-0.25, -0.2) is 0 Å². The second-order valence-electron chi connectivity index (χ2n) is 5.41. The highest BCUT2D eigenvalue weighted by molar-refractivity contribution is 5.96. The lowest BCUT2D eigenvalue weighted by atomic mass is 9.93. The van der Waals surface area contributed by atoms with E-state index in [4.69, 9.17) is 9.84 Å². The molecule has 1 saturated heterocycles. The lowest BCUT2D eigenvalue weighted by Crippen LogP contribution is -2.69. The van der Waals surface area contributed by atoms with Crippen LogP contribution in [0.3, 0.4) is 0 Å². The molecule has 0 bridgehead atoms. The minimum atomic E-state index is -1.18. The topological polar surface area (TPSA) is 122 Å². The highest BCUT2D eigenvalue weighted by Crippen LogP contribution is 2.14. The molecule has 8 nitrogen and oxygen atoms in total. The molecule has 128 valence electrons. The average molecular weight is 334 g/mol. The van der Waals surface area contributed by atoms with Gasteiger partial charge in [0.1, 0.15) is 24.0 Å². The fourth-order valence-corrected chi connectivity index (χ4v) is 2.30. The molecule has 1 heterocycles. The summed E-state index contributed by atoms with van der Waals surface area (Å²) in [6.07, 6.45) is -0.227. The maximum atomic E-state index is 11.8. The second-order valence-corrected chi connectivity index (χ2v) is 5.41. The van der Waals surface area contributed by atoms with Crippen molar-refractivity contribution >= 4 is 23.6 Å². The third-order valence-corrected chi connectivity index (χ3v) is 3.52. The van der Waals surface area contributed by atoms with Gasteiger partial charge in [0.2, 0.25) is 5.91 Å². The number of carboxylic acid groups (broad SMARTS) is 1. The van der Waals surface area contributed by atoms with Gasteiger partial charge in [0, 0.05) is 6.42 Å². The van der Waals surface area contributed by atoms with E-state index in [1.807, 2.05) is 6.07 Å². The largest absolute Gasteiger partial charge is 0.484 e. The molecular weight excluding hydrogens is 316 g/mol. The zero-order valence-electron chi connectivity index (χ0n) is 12.9. The first-order chi connectivity index (χ1) is 11.5. The van der Waals surface area contributed by atoms with E-state index in [1.54, 1.807) is 24.3 Å². The van der Waals surface area contributed by atoms with Crippen LogP contribution in [0.5, 0.6) is 5.75 Å². The van der Waals surface area contributed by atoms with Gasteiger partial charge in [-0.3, -0.25) is 19.2 Å². The van der Waals surface area contributed by atoms with Crippen LogP contribution in [-0.2, 0) is 19.2 Å². The molecule has 0 saturated carbocycles. The number of aliphatic carboxylic acids is 1. The molecule has 1 fully saturated rings. The SMILES string of the molecule is O=C(O)CC(=O)CC[C@H]1NC(=O)[C@H]1NC(=O)COc1ccccc1. The Labute approximate surface area is 138 Å². The van der Waals surface area contributed by atoms with Crippen molar-refractivity contribution in [3.63, 3.8) is 0 Å². The number of hydrogen-bond acceptors (Lipinski definition) is 5. The minimum Gasteiger partial charge on any atom is -0.484 e. The van der Waals surface area contributed by atoms with Gasteiger partial charge in [-0.15, -0.1) is 0 Å². The van der Waals surface area contributed by atoms with Gasteiger partial charge in [0.15, 0.2) is 6.61 Å². The smallest absolute Gasteiger partial charge is 0.310 e. The van der Waals surface area contributed by atoms with Gasteiger partial charge >= 0.3 is 5.97 Å². The average Bonchev–Trinajstić information content (AvgIpc) is 2.54. The predicted molar refractivity (Wildman–Crippen MR) is 82.3 cm³/mol. The third kappa shape index (κ3) is 5.08. The third-order valence-electron chi connectivity index (χ3n) is 3.52. The molecule has 0 aliphatic carbocycles. The highest BCUT2D eigenvalue weighted by atomic mass is 16.5. The number of para-hydroxylation sites is 1. The van der Waals surface area contributed by atoms with Gasteiger partial charge < -0.3 is 20.5 Å². The lowest BCUT2D eigenvalue weighted by Gasteiger charge is -2.37. The van der Waals surface area contributed by atoms with Gasteiger partial charge in [0.25, 0.3) is 5.91 Å². The fraction of sp³-hybridized carbons (Fsp3) is 0.375. The van der Waals surface area contributed by atoms with Crippen molar-refractivity contribution in [3.05, 3.63) is 30.3 Å². The van der Waals surface area contributed by atoms with E-state index in [-0.39, 0.29) is 31.4 Å². The summed E-state index contributed by atoms with van der Waals surface area (Å²) >= 11 is 0. The van der Waals surface area contributed by atoms with Crippen LogP contribution in [0.2, 0.25) is 0 Å². The van der Waals surface area contributed by atoms with Crippen molar-refractivity contribution < 1.29 is 29.0 Å². The van der Waals surface area contributed by atoms with Crippen LogP contribution in [0.15, 0.2) is 30.3 Å². The van der Waals surface area contributed by atoms with Crippen LogP contribution in [0, 0.1) is 0 Å². The van der Waals surface area contributed by atoms with Crippen LogP contribution in [0.25, 0.3) is 0 Å². The summed E-state index contributed by atoms with van der Waals surface area (Å²) in [6, 6.07) is 7.68. The second kappa shape index (κ2) is 8.09. The monoisotopic (exact) mass is 334 g/mol. The number of hydrogen-bond donors (Lipinski definition) is 3. The molecule has 0 aromatic heterocycles. The first-order valence-electron chi connectivity index (χ1n) is 7.47. The number of benzene rings is 1. The van der Waals surface area contributed by atoms with Crippen LogP contribution in [0.4, 0.5) is 0 Å². The van der Waals surface area contributed by atoms with Crippen LogP contribution in [-0.4, -0.2) is 47.4 Å². The molecule has 0 unspecified atom stereocenters. The Morgan fingerprint density at radius 3 is 2.54 bits per heavy atom. The Morgan fingerprint density at radius 1 is 1.21 bits per heavy atom. The number of Topliss-reactive ketones (excluding diaryl/α,β-unsaturated/α-hetero) is 1. The van der Waals surface area contributed by atoms with Crippen molar-refractivity contribution in [3.8, 4) is 5.75 Å². The maximum absolute atomic E-state index is 11.8. The molecule has 1 aromatic carbocycles. The summed E-state index contributed by atoms with van der Waals surface area (Å²) < 4.78 is 5.29. The zero-order valence-corrected chi connectivity index (χ0v) is 12.9. The number of carbonyl (C=O) groups is 4. The normalized spacial score (nSPS) is 18.9. The summed E-state index contributed by atoms with van der Waals surface area (Å²) in [6.45, 7) is -0.224. The van der Waals surface area contributed by atoms with Crippen LogP contribution >= 0.6 is 0 Å². The molecule has 0 radical (unpaired) electrons. The van der Waals surface area contributed by atoms with E-state index < -0.39 is 30.1 Å². The zero-order chi connectivity index (χ0) is 17.5. The quantitative estimate of drug-likeness (QED) is 0.427. The number of β-lactam (4-membered cyclic amide) rings is 1. The molecule has 3 N–H and O–H groups in total. The fourth-order valence-electron chi connectivity index (χ4n) is 2.30. The summed E-state index contributed by atoms with van der Waals surface area (Å²) in [5, 5.41) is 13.7. The Balaban J connectivity index is 1.73. The van der Waals surface area contributed by atoms with Crippen molar-refractivity contribution in [2.75, 3.05) is 6.61 Å². The number of ketones is 1. The summed E-state index contributed by atoms with van der Waals surface area (Å²) in [4.78, 5) is 45.2. The molecule has 1 aromatic rings. The van der Waals surface area contributed by atoms with Crippen molar-refractivity contribution in [2.45, 2.75) is 31.3 Å². The Hall–Kier alpha value is -2.90. The van der Waals surface area contributed by atoms with E-state index in [1.165, 1.54) is 0 Å². The van der Waals surface area contributed by atoms with E-state index >= 15 is 0 Å². The van der Waals surface area contributed by atoms with E-state index in [2.05, 4.69) is 10.6 Å². The van der Waals surface area contributed by atoms with E-state index in [0.29, 0.717) is 5.75 Å². The van der Waals surface area contributed by atoms with E-state index in [0.717, 1.165) is 0 Å². The Morgan fingerprint density at radius 2 is 1.92 bits per heavy atom. The van der Waals surface area contributed by atoms with Gasteiger partial charge in [0.05, 0.1) is 6.04 Å². The predicted octanol–water partition coefficient (Wildman–Crippen LogP) is -0.127. The number of amides is 2. The van der Waals surface area contributed by atoms with Crippen molar-refractivity contribution in [1.29, 1.82) is 0 Å². The molecule has 2 rings (SSSR count). The number of rotatable bonds is 9. The molecule has 8 heteroatoms. The lowest BCUT2D eigenvalue weighted by molar-refractivity contribution is -0.141. The van der Waals surface area contributed by atoms with Gasteiger partial charge in [-0.1, -0.05) is 18.2 Å². The number of carboxylic acids is 1. The number of nitrogens with one attached hydrogen (secondary N) is 2. The molecule has 1 aliphatic heterocycles. The first-order valence-corrected chi connectivity index (χ1v) is 7.47. The molecule has 1 aliphatic rings. The van der Waals surface area contributed by atoms with Crippen LogP contribution in [0.1, 0.15) is 19.3 Å². The standard InChI is InChI=1S/C16H18N2O6/c19-10(8-14(21)22)6-7-12-15(16(23)17-12)18-13(20)9-24-11-4-2-1-3-5-11/h1-5,12,15H,6-9H2,(H,17,23)(H,18,20)(H,21,22)/t12-,15+/m1/s1. The molecule has 24 heavy (non-hydrogen) atoms. The Bertz CT molecular complexity index is 631. The Kier molecular flexibility index (Phi) is 5.89. The summed E-state index contributed by atoms with van der Waals surface area (Å²) in [5.74, 6) is -1.83. The molecule has 2 amide bonds. The number of ether oxygens (including phenoxy) is 1. The number of carbonyl (C=O) groups excluding carboxylic acids is 3. The molecule has 2 atom stereocenters. The minimum absolute atomic E-state index is 0.0319. The van der Waals surface area contributed by atoms with Crippen LogP contribution < -0.4 is 15.4 Å². The summed E-state index contributed by atoms with van der Waals surface area (Å²) in [5.41, 5.74) is 0. The van der Waals surface area contributed by atoms with Crippen molar-refractivity contribution in [1.82, 2.24) is 10.6 Å². The van der Waals surface area contributed by atoms with Gasteiger partial charge in [-0.05, 0) is 18.6 Å². The molecule has 0 spiro atoms. The van der Waals surface area contributed by atoms with E-state index in [9.17, 15) is 19.2 Å². The molecular formula is C16H18N2O6. The van der Waals surface area contributed by atoms with Crippen molar-refractivity contribution in [2.24, 2.45) is 0 Å². The first kappa shape index (κ1) is 17.5. The highest BCUT2D eigenvalue weighted by Gasteiger charge is 2.40. The van der Waals surface area contributed by atoms with Gasteiger partial charge in [-0.2, -0.15) is 0 Å². The maximum Gasteiger partial charge on any atom is 0.310 e. The summed E-state index contributed by atoms with van der Waals surface area (Å²) in [7, 11) is 0.